The summed E-state index contributed by atoms with van der Waals surface area (Å²) in [5.74, 6) is 0. The number of nitrogens with zero attached hydrogens (tertiary/aromatic N) is 2. The third-order valence-corrected chi connectivity index (χ3v) is 10.9. The zero-order valence-electron chi connectivity index (χ0n) is 28.4. The Balaban J connectivity index is 1.09. The molecule has 11 aromatic rings. The highest BCUT2D eigenvalue weighted by Gasteiger charge is 2.17. The average Bonchev–Trinajstić information content (AvgIpc) is 3.73. The summed E-state index contributed by atoms with van der Waals surface area (Å²) in [7, 11) is 0. The standard InChI is InChI=1S/C50H32N2/c1-2-15-37(16-3-1)51-47-23-10-8-21-42(47)44-27-25-34(32-50(44)51)33-26-28-49-46(30-33)43-22-9-11-24-48(43)52(49)38-17-12-14-35(29-38)45-31-36-13-4-5-18-39(36)40-19-6-7-20-41(40)45/h1-32H. The van der Waals surface area contributed by atoms with Gasteiger partial charge in [-0.2, -0.15) is 0 Å². The Bertz CT molecular complexity index is 3180. The molecular weight excluding hydrogens is 629 g/mol. The van der Waals surface area contributed by atoms with E-state index in [1.165, 1.54) is 93.1 Å². The number of benzene rings is 9. The van der Waals surface area contributed by atoms with Crippen LogP contribution in [0.1, 0.15) is 0 Å². The van der Waals surface area contributed by atoms with E-state index >= 15 is 0 Å². The number of aromatic nitrogens is 2. The van der Waals surface area contributed by atoms with Gasteiger partial charge >= 0.3 is 0 Å². The molecule has 2 nitrogen and oxygen atoms in total. The maximum absolute atomic E-state index is 2.43. The Morgan fingerprint density at radius 1 is 0.250 bits per heavy atom. The van der Waals surface area contributed by atoms with Crippen molar-refractivity contribution >= 4 is 65.2 Å². The summed E-state index contributed by atoms with van der Waals surface area (Å²) in [5, 5.41) is 10.1. The summed E-state index contributed by atoms with van der Waals surface area (Å²) < 4.78 is 4.82. The van der Waals surface area contributed by atoms with Crippen LogP contribution in [0.25, 0.3) is 98.8 Å². The van der Waals surface area contributed by atoms with Crippen molar-refractivity contribution in [1.82, 2.24) is 9.13 Å². The van der Waals surface area contributed by atoms with Crippen LogP contribution in [-0.4, -0.2) is 9.13 Å². The van der Waals surface area contributed by atoms with E-state index in [-0.39, 0.29) is 0 Å². The van der Waals surface area contributed by atoms with E-state index in [9.17, 15) is 0 Å². The largest absolute Gasteiger partial charge is 0.309 e. The van der Waals surface area contributed by atoms with Crippen LogP contribution >= 0.6 is 0 Å². The molecule has 0 saturated heterocycles. The van der Waals surface area contributed by atoms with Gasteiger partial charge in [0, 0.05) is 32.9 Å². The Morgan fingerprint density at radius 2 is 0.808 bits per heavy atom. The van der Waals surface area contributed by atoms with Crippen LogP contribution < -0.4 is 0 Å². The predicted molar refractivity (Wildman–Crippen MR) is 221 cm³/mol. The lowest BCUT2D eigenvalue weighted by molar-refractivity contribution is 1.18. The van der Waals surface area contributed by atoms with Crippen molar-refractivity contribution in [3.05, 3.63) is 194 Å². The molecule has 242 valence electrons. The second-order valence-electron chi connectivity index (χ2n) is 13.7. The Labute approximate surface area is 301 Å². The minimum Gasteiger partial charge on any atom is -0.309 e. The first-order valence-corrected chi connectivity index (χ1v) is 17.9. The topological polar surface area (TPSA) is 9.86 Å². The van der Waals surface area contributed by atoms with E-state index in [4.69, 9.17) is 0 Å². The molecule has 2 heteroatoms. The Hall–Kier alpha value is -6.90. The summed E-state index contributed by atoms with van der Waals surface area (Å²) in [6.45, 7) is 0. The van der Waals surface area contributed by atoms with Gasteiger partial charge in [0.25, 0.3) is 0 Å². The van der Waals surface area contributed by atoms with Crippen molar-refractivity contribution in [3.8, 4) is 33.6 Å². The normalized spacial score (nSPS) is 11.8. The Morgan fingerprint density at radius 3 is 1.62 bits per heavy atom. The van der Waals surface area contributed by atoms with Gasteiger partial charge in [-0.1, -0.05) is 133 Å². The molecule has 0 amide bonds. The van der Waals surface area contributed by atoms with Crippen LogP contribution in [-0.2, 0) is 0 Å². The lowest BCUT2D eigenvalue weighted by atomic mass is 9.93. The van der Waals surface area contributed by atoms with Gasteiger partial charge in [0.2, 0.25) is 0 Å². The van der Waals surface area contributed by atoms with Crippen LogP contribution in [0.2, 0.25) is 0 Å². The van der Waals surface area contributed by atoms with Crippen LogP contribution in [0.4, 0.5) is 0 Å². The second kappa shape index (κ2) is 11.3. The quantitative estimate of drug-likeness (QED) is 0.166. The number of para-hydroxylation sites is 3. The summed E-state index contributed by atoms with van der Waals surface area (Å²) >= 11 is 0. The fourth-order valence-electron chi connectivity index (χ4n) is 8.54. The first-order chi connectivity index (χ1) is 25.8. The molecule has 0 saturated carbocycles. The predicted octanol–water partition coefficient (Wildman–Crippen LogP) is 13.5. The summed E-state index contributed by atoms with van der Waals surface area (Å²) in [6.07, 6.45) is 0. The summed E-state index contributed by atoms with van der Waals surface area (Å²) in [5.41, 5.74) is 12.0. The van der Waals surface area contributed by atoms with Crippen molar-refractivity contribution < 1.29 is 0 Å². The van der Waals surface area contributed by atoms with Gasteiger partial charge in [-0.3, -0.25) is 0 Å². The first kappa shape index (κ1) is 28.9. The van der Waals surface area contributed by atoms with Crippen LogP contribution in [0.3, 0.4) is 0 Å². The molecule has 2 aromatic heterocycles. The van der Waals surface area contributed by atoms with E-state index in [2.05, 4.69) is 203 Å². The molecule has 0 fully saturated rings. The lowest BCUT2D eigenvalue weighted by Crippen LogP contribution is -1.95. The monoisotopic (exact) mass is 660 g/mol. The molecule has 0 atom stereocenters. The number of hydrogen-bond donors (Lipinski definition) is 0. The molecule has 0 aliphatic rings. The van der Waals surface area contributed by atoms with E-state index in [1.807, 2.05) is 0 Å². The van der Waals surface area contributed by atoms with Gasteiger partial charge in [0.15, 0.2) is 0 Å². The van der Waals surface area contributed by atoms with Gasteiger partial charge in [0.05, 0.1) is 22.1 Å². The number of fused-ring (bicyclic) bond motifs is 9. The summed E-state index contributed by atoms with van der Waals surface area (Å²) in [4.78, 5) is 0. The third-order valence-electron chi connectivity index (χ3n) is 10.9. The zero-order chi connectivity index (χ0) is 34.2. The summed E-state index contributed by atoms with van der Waals surface area (Å²) in [6, 6.07) is 71.0. The minimum atomic E-state index is 1.16. The van der Waals surface area contributed by atoms with E-state index < -0.39 is 0 Å². The smallest absolute Gasteiger partial charge is 0.0547 e. The van der Waals surface area contributed by atoms with Crippen molar-refractivity contribution in [2.45, 2.75) is 0 Å². The van der Waals surface area contributed by atoms with Crippen molar-refractivity contribution in [1.29, 1.82) is 0 Å². The second-order valence-corrected chi connectivity index (χ2v) is 13.7. The molecule has 0 N–H and O–H groups in total. The maximum Gasteiger partial charge on any atom is 0.0547 e. The van der Waals surface area contributed by atoms with Crippen molar-refractivity contribution in [3.63, 3.8) is 0 Å². The first-order valence-electron chi connectivity index (χ1n) is 17.9. The van der Waals surface area contributed by atoms with Gasteiger partial charge in [-0.05, 0) is 104 Å². The fourth-order valence-corrected chi connectivity index (χ4v) is 8.54. The van der Waals surface area contributed by atoms with E-state index in [0.29, 0.717) is 0 Å². The molecule has 0 aliphatic carbocycles. The fraction of sp³-hybridized carbons (Fsp3) is 0. The number of hydrogen-bond acceptors (Lipinski definition) is 0. The van der Waals surface area contributed by atoms with Crippen molar-refractivity contribution in [2.75, 3.05) is 0 Å². The number of rotatable bonds is 4. The Kier molecular flexibility index (Phi) is 6.28. The van der Waals surface area contributed by atoms with E-state index in [0.717, 1.165) is 5.69 Å². The average molecular weight is 661 g/mol. The maximum atomic E-state index is 2.43. The van der Waals surface area contributed by atoms with Gasteiger partial charge in [-0.25, -0.2) is 0 Å². The van der Waals surface area contributed by atoms with Crippen LogP contribution in [0, 0.1) is 0 Å². The highest BCUT2D eigenvalue weighted by Crippen LogP contribution is 2.40. The SMILES string of the molecule is c1ccc(-n2c3ccccc3c3ccc(-c4ccc5c(c4)c4ccccc4n5-c4cccc(-c5cc6ccccc6c6ccccc56)c4)cc32)cc1. The third kappa shape index (κ3) is 4.31. The van der Waals surface area contributed by atoms with Gasteiger partial charge in [0.1, 0.15) is 0 Å². The zero-order valence-corrected chi connectivity index (χ0v) is 28.4. The van der Waals surface area contributed by atoms with E-state index in [1.54, 1.807) is 0 Å². The van der Waals surface area contributed by atoms with Crippen LogP contribution in [0.5, 0.6) is 0 Å². The van der Waals surface area contributed by atoms with Gasteiger partial charge in [-0.15, -0.1) is 0 Å². The lowest BCUT2D eigenvalue weighted by Gasteiger charge is -2.14. The molecule has 0 unspecified atom stereocenters. The molecule has 9 aromatic carbocycles. The molecule has 0 spiro atoms. The molecule has 11 rings (SSSR count). The minimum absolute atomic E-state index is 1.16. The molecule has 0 aliphatic heterocycles. The van der Waals surface area contributed by atoms with Crippen molar-refractivity contribution in [2.24, 2.45) is 0 Å². The molecule has 0 bridgehead atoms. The molecule has 0 radical (unpaired) electrons. The van der Waals surface area contributed by atoms with Crippen LogP contribution in [0.15, 0.2) is 194 Å². The highest BCUT2D eigenvalue weighted by atomic mass is 15.0. The molecular formula is C50H32N2. The molecule has 52 heavy (non-hydrogen) atoms. The highest BCUT2D eigenvalue weighted by molar-refractivity contribution is 6.15. The van der Waals surface area contributed by atoms with Gasteiger partial charge < -0.3 is 9.13 Å². The molecule has 2 heterocycles.